The molecule has 2 unspecified atom stereocenters. The molecule has 3 aliphatic rings. The first-order valence-corrected chi connectivity index (χ1v) is 14.9. The number of carbonyl (C=O) groups excluding carboxylic acids is 2. The van der Waals surface area contributed by atoms with E-state index in [2.05, 4.69) is 31.0 Å². The van der Waals surface area contributed by atoms with Gasteiger partial charge in [-0.15, -0.1) is 11.5 Å². The number of ketones is 1. The van der Waals surface area contributed by atoms with Crippen LogP contribution in [0.25, 0.3) is 5.65 Å². The number of hydrogen-bond donors (Lipinski definition) is 3. The Kier molecular flexibility index (Phi) is 6.84. The lowest BCUT2D eigenvalue weighted by Crippen LogP contribution is -2.38. The van der Waals surface area contributed by atoms with Crippen LogP contribution in [0.3, 0.4) is 0 Å². The number of amides is 1. The summed E-state index contributed by atoms with van der Waals surface area (Å²) in [4.78, 5) is 36.9. The van der Waals surface area contributed by atoms with E-state index in [-0.39, 0.29) is 28.4 Å². The Morgan fingerprint density at radius 3 is 2.74 bits per heavy atom. The standard InChI is InChI=1S/C30H27N7O4S/c1-3-20-22-16-32-15-19-11-7-12-21(24(19)22)23(25(27(20)38)18-9-5-4-6-10-18)17(2)34-30(39)26-28(36-42(31,40)41)35-37-14-8-13-33-29(26)37/h1,4-6,8-10,13-14,16-17,25H,7,11-12,15H2,2H3,(H,34,39)(H,35,36)(H2,31,40,41). The van der Waals surface area contributed by atoms with Gasteiger partial charge in [-0.2, -0.15) is 8.42 Å². The average Bonchev–Trinajstić information content (AvgIpc) is 3.27. The Morgan fingerprint density at radius 1 is 1.21 bits per heavy atom. The fraction of sp³-hybridized carbons (Fsp3) is 0.233. The van der Waals surface area contributed by atoms with Gasteiger partial charge in [0, 0.05) is 30.2 Å². The van der Waals surface area contributed by atoms with Crippen LogP contribution >= 0.6 is 0 Å². The molecule has 3 heterocycles. The molecule has 0 saturated carbocycles. The summed E-state index contributed by atoms with van der Waals surface area (Å²) in [6, 6.07) is 10.3. The van der Waals surface area contributed by atoms with E-state index in [1.165, 1.54) is 16.9 Å². The Labute approximate surface area is 242 Å². The molecule has 12 heteroatoms. The zero-order valence-corrected chi connectivity index (χ0v) is 23.5. The van der Waals surface area contributed by atoms with E-state index in [1.807, 2.05) is 37.3 Å². The second-order valence-electron chi connectivity index (χ2n) is 10.3. The van der Waals surface area contributed by atoms with Gasteiger partial charge in [0.1, 0.15) is 5.56 Å². The molecule has 1 amide bonds. The van der Waals surface area contributed by atoms with Gasteiger partial charge in [0.25, 0.3) is 16.1 Å². The van der Waals surface area contributed by atoms with Crippen LogP contribution in [0.4, 0.5) is 5.82 Å². The highest BCUT2D eigenvalue weighted by Crippen LogP contribution is 2.46. The van der Waals surface area contributed by atoms with Crippen molar-refractivity contribution in [3.8, 4) is 12.3 Å². The van der Waals surface area contributed by atoms with Crippen LogP contribution in [0.2, 0.25) is 0 Å². The maximum Gasteiger partial charge on any atom is 0.297 e. The number of hydrogen-bond acceptors (Lipinski definition) is 7. The lowest BCUT2D eigenvalue weighted by atomic mass is 9.76. The molecule has 2 aromatic heterocycles. The van der Waals surface area contributed by atoms with Gasteiger partial charge in [-0.1, -0.05) is 36.3 Å². The summed E-state index contributed by atoms with van der Waals surface area (Å²) >= 11 is 0. The number of anilines is 1. The zero-order valence-electron chi connectivity index (χ0n) is 22.7. The molecule has 2 atom stereocenters. The second kappa shape index (κ2) is 10.5. The van der Waals surface area contributed by atoms with Crippen LogP contribution in [0.5, 0.6) is 0 Å². The molecule has 0 bridgehead atoms. The lowest BCUT2D eigenvalue weighted by Gasteiger charge is -2.31. The van der Waals surface area contributed by atoms with Crippen LogP contribution in [-0.4, -0.2) is 53.5 Å². The van der Waals surface area contributed by atoms with E-state index >= 15 is 0 Å². The Balaban J connectivity index is 1.51. The summed E-state index contributed by atoms with van der Waals surface area (Å²) in [5.74, 6) is 0.741. The highest BCUT2D eigenvalue weighted by Gasteiger charge is 2.40. The van der Waals surface area contributed by atoms with Crippen molar-refractivity contribution in [2.24, 2.45) is 10.1 Å². The summed E-state index contributed by atoms with van der Waals surface area (Å²) in [7, 11) is -4.25. The highest BCUT2D eigenvalue weighted by atomic mass is 32.2. The first-order valence-electron chi connectivity index (χ1n) is 13.4. The molecular weight excluding hydrogens is 554 g/mol. The van der Waals surface area contributed by atoms with Crippen molar-refractivity contribution >= 4 is 39.6 Å². The molecule has 0 fully saturated rings. The maximum absolute atomic E-state index is 14.3. The van der Waals surface area contributed by atoms with Gasteiger partial charge in [0.2, 0.25) is 0 Å². The quantitative estimate of drug-likeness (QED) is 0.379. The molecule has 3 aromatic rings. The van der Waals surface area contributed by atoms with Crippen LogP contribution in [0.1, 0.15) is 48.0 Å². The minimum Gasteiger partial charge on any atom is -0.346 e. The number of nitrogens with two attached hydrogens (primary N) is 1. The molecule has 1 aromatic carbocycles. The smallest absolute Gasteiger partial charge is 0.297 e. The second-order valence-corrected chi connectivity index (χ2v) is 11.6. The van der Waals surface area contributed by atoms with Crippen molar-refractivity contribution in [1.82, 2.24) is 19.9 Å². The summed E-state index contributed by atoms with van der Waals surface area (Å²) in [6.45, 7) is 2.33. The van der Waals surface area contributed by atoms with Gasteiger partial charge >= 0.3 is 0 Å². The van der Waals surface area contributed by atoms with E-state index in [0.29, 0.717) is 18.5 Å². The number of carbonyl (C=O) groups is 2. The number of aromatic nitrogens is 3. The Morgan fingerprint density at radius 2 is 2.00 bits per heavy atom. The van der Waals surface area contributed by atoms with Gasteiger partial charge in [0.15, 0.2) is 17.2 Å². The van der Waals surface area contributed by atoms with Crippen LogP contribution in [-0.2, 0) is 15.0 Å². The number of nitrogens with zero attached hydrogens (tertiary/aromatic N) is 4. The van der Waals surface area contributed by atoms with Crippen molar-refractivity contribution < 1.29 is 18.0 Å². The van der Waals surface area contributed by atoms with Crippen molar-refractivity contribution in [3.05, 3.63) is 93.4 Å². The number of dihydropyridines is 1. The molecule has 6 rings (SSSR count). The van der Waals surface area contributed by atoms with E-state index in [0.717, 1.165) is 40.7 Å². The van der Waals surface area contributed by atoms with E-state index in [4.69, 9.17) is 11.6 Å². The number of allylic oxidation sites excluding steroid dienone is 4. The third-order valence-corrected chi connectivity index (χ3v) is 8.20. The van der Waals surface area contributed by atoms with Gasteiger partial charge in [0.05, 0.1) is 18.0 Å². The number of fused-ring (bicyclic) bond motifs is 1. The number of nitrogens with one attached hydrogen (secondary N) is 2. The third-order valence-electron chi connectivity index (χ3n) is 7.72. The molecular formula is C30H27N7O4S. The Hall–Kier alpha value is -4.86. The summed E-state index contributed by atoms with van der Waals surface area (Å²) in [5.41, 5.74) is 5.46. The molecule has 11 nitrogen and oxygen atoms in total. The predicted octanol–water partition coefficient (Wildman–Crippen LogP) is 2.62. The number of rotatable bonds is 6. The molecule has 0 saturated heterocycles. The third kappa shape index (κ3) is 4.72. The van der Waals surface area contributed by atoms with Gasteiger partial charge in [-0.3, -0.25) is 19.3 Å². The SMILES string of the molecule is C#CC1=C2C=NCC3=C2C(=C(C(C)NC(=O)c2c(NS(N)(=O)=O)nn4cccnc24)C(c2ccccc2)C1=O)CCC3. The molecule has 0 spiro atoms. The summed E-state index contributed by atoms with van der Waals surface area (Å²) in [5, 5.41) is 12.4. The normalized spacial score (nSPS) is 19.4. The number of aliphatic imine (C=N–C) groups is 1. The molecule has 2 aliphatic carbocycles. The van der Waals surface area contributed by atoms with Crippen molar-refractivity contribution in [2.45, 2.75) is 38.1 Å². The number of benzene rings is 1. The van der Waals surface area contributed by atoms with Gasteiger partial charge in [-0.05, 0) is 60.1 Å². The molecule has 212 valence electrons. The summed E-state index contributed by atoms with van der Waals surface area (Å²) < 4.78 is 27.2. The fourth-order valence-corrected chi connectivity index (χ4v) is 6.53. The van der Waals surface area contributed by atoms with Crippen LogP contribution in [0.15, 0.2) is 87.2 Å². The molecule has 4 N–H and O–H groups in total. The van der Waals surface area contributed by atoms with E-state index in [1.54, 1.807) is 12.3 Å². The van der Waals surface area contributed by atoms with Crippen molar-refractivity contribution in [1.29, 1.82) is 0 Å². The van der Waals surface area contributed by atoms with Crippen molar-refractivity contribution in [2.75, 3.05) is 11.3 Å². The Bertz CT molecular complexity index is 1930. The maximum atomic E-state index is 14.3. The molecule has 42 heavy (non-hydrogen) atoms. The zero-order chi connectivity index (χ0) is 29.6. The predicted molar refractivity (Wildman–Crippen MR) is 158 cm³/mol. The average molecular weight is 582 g/mol. The van der Waals surface area contributed by atoms with E-state index in [9.17, 15) is 18.0 Å². The molecule has 0 radical (unpaired) electrons. The largest absolute Gasteiger partial charge is 0.346 e. The monoisotopic (exact) mass is 581 g/mol. The fourth-order valence-electron chi connectivity index (χ4n) is 6.12. The number of terminal acetylenes is 1. The first kappa shape index (κ1) is 27.3. The van der Waals surface area contributed by atoms with Gasteiger partial charge in [-0.25, -0.2) is 14.6 Å². The summed E-state index contributed by atoms with van der Waals surface area (Å²) in [6.07, 6.45) is 13.1. The topological polar surface area (TPSA) is 161 Å². The minimum atomic E-state index is -4.25. The van der Waals surface area contributed by atoms with Gasteiger partial charge < -0.3 is 5.32 Å². The minimum absolute atomic E-state index is 0.102. The lowest BCUT2D eigenvalue weighted by molar-refractivity contribution is -0.115. The van der Waals surface area contributed by atoms with Crippen LogP contribution in [0, 0.1) is 12.3 Å². The first-order chi connectivity index (χ1) is 20.2. The highest BCUT2D eigenvalue weighted by molar-refractivity contribution is 7.90. The number of Topliss-reactive ketones (excluding diaryl/α,β-unsaturated/α-hetero) is 1. The van der Waals surface area contributed by atoms with Crippen molar-refractivity contribution in [3.63, 3.8) is 0 Å². The van der Waals surface area contributed by atoms with E-state index < -0.39 is 28.1 Å². The molecule has 1 aliphatic heterocycles. The van der Waals surface area contributed by atoms with Crippen LogP contribution < -0.4 is 15.2 Å².